The van der Waals surface area contributed by atoms with Crippen molar-refractivity contribution < 1.29 is 44.3 Å². The fraction of sp³-hybridized carbons (Fsp3) is 0.571. The molecule has 0 saturated heterocycles. The van der Waals surface area contributed by atoms with E-state index in [4.69, 9.17) is 0 Å². The summed E-state index contributed by atoms with van der Waals surface area (Å²) in [5, 5.41) is 14.2. The van der Waals surface area contributed by atoms with Crippen LogP contribution in [-0.4, -0.2) is 22.9 Å². The molecule has 0 aliphatic carbocycles. The van der Waals surface area contributed by atoms with Gasteiger partial charge in [0.15, 0.2) is 5.78 Å². The first-order chi connectivity index (χ1) is 15.7. The molecule has 6 heteroatoms. The summed E-state index contributed by atoms with van der Waals surface area (Å²) in [5.74, 6) is 0.468. The van der Waals surface area contributed by atoms with Crippen LogP contribution in [0.3, 0.4) is 0 Å². The molecule has 0 spiro atoms. The third-order valence-electron chi connectivity index (χ3n) is 6.44. The van der Waals surface area contributed by atoms with Crippen molar-refractivity contribution in [3.63, 3.8) is 0 Å². The molecule has 0 bridgehead atoms. The summed E-state index contributed by atoms with van der Waals surface area (Å²) in [6.07, 6.45) is 6.91. The maximum atomic E-state index is 13.2. The van der Waals surface area contributed by atoms with E-state index in [1.165, 1.54) is 19.3 Å². The van der Waals surface area contributed by atoms with Gasteiger partial charge in [0.2, 0.25) is 0 Å². The number of nitrogens with zero attached hydrogens (tertiary/aromatic N) is 1. The van der Waals surface area contributed by atoms with E-state index >= 15 is 0 Å². The SMILES string of the molecule is CCc1c(C(=O)c2ccc(NCCC(C)CCCC(C)C)cc2)cc(CCCC(=O)[O-])n1C.[Na+]. The molecule has 2 aromatic rings. The molecule has 1 aromatic carbocycles. The van der Waals surface area contributed by atoms with Gasteiger partial charge in [0.1, 0.15) is 0 Å². The van der Waals surface area contributed by atoms with Gasteiger partial charge in [0.05, 0.1) is 0 Å². The third kappa shape index (κ3) is 9.59. The summed E-state index contributed by atoms with van der Waals surface area (Å²) in [6.45, 7) is 9.85. The monoisotopic (exact) mass is 476 g/mol. The molecule has 2 rings (SSSR count). The Hall–Kier alpha value is -1.56. The number of aliphatic carboxylic acids is 1. The molecule has 0 amide bonds. The maximum absolute atomic E-state index is 13.2. The molecule has 34 heavy (non-hydrogen) atoms. The molecule has 0 aliphatic rings. The van der Waals surface area contributed by atoms with E-state index in [-0.39, 0.29) is 41.8 Å². The number of aromatic nitrogens is 1. The van der Waals surface area contributed by atoms with Crippen LogP contribution >= 0.6 is 0 Å². The Balaban J connectivity index is 0.00000578. The fourth-order valence-corrected chi connectivity index (χ4v) is 4.36. The van der Waals surface area contributed by atoms with E-state index in [2.05, 4.69) is 26.1 Å². The summed E-state index contributed by atoms with van der Waals surface area (Å²) in [7, 11) is 1.95. The number of carbonyl (C=O) groups is 2. The molecule has 1 aromatic heterocycles. The maximum Gasteiger partial charge on any atom is 1.00 e. The van der Waals surface area contributed by atoms with E-state index in [1.807, 2.05) is 48.9 Å². The molecule has 182 valence electrons. The largest absolute Gasteiger partial charge is 1.00 e. The van der Waals surface area contributed by atoms with Crippen LogP contribution in [0.1, 0.15) is 93.5 Å². The van der Waals surface area contributed by atoms with Gasteiger partial charge in [-0.25, -0.2) is 0 Å². The number of hydrogen-bond donors (Lipinski definition) is 1. The van der Waals surface area contributed by atoms with Crippen molar-refractivity contribution in [3.05, 3.63) is 52.8 Å². The van der Waals surface area contributed by atoms with Crippen molar-refractivity contribution >= 4 is 17.4 Å². The second-order valence-electron chi connectivity index (χ2n) is 9.69. The van der Waals surface area contributed by atoms with Gasteiger partial charge in [-0.05, 0) is 74.3 Å². The van der Waals surface area contributed by atoms with Crippen LogP contribution in [0.15, 0.2) is 30.3 Å². The van der Waals surface area contributed by atoms with Gasteiger partial charge in [-0.3, -0.25) is 4.79 Å². The minimum Gasteiger partial charge on any atom is -0.550 e. The van der Waals surface area contributed by atoms with E-state index in [0.29, 0.717) is 29.9 Å². The number of hydrogen-bond acceptors (Lipinski definition) is 4. The molecular weight excluding hydrogens is 435 g/mol. The van der Waals surface area contributed by atoms with Crippen molar-refractivity contribution in [2.75, 3.05) is 11.9 Å². The minimum atomic E-state index is -1.04. The number of nitrogens with one attached hydrogen (secondary N) is 1. The zero-order valence-corrected chi connectivity index (χ0v) is 24.1. The van der Waals surface area contributed by atoms with Gasteiger partial charge in [0, 0.05) is 47.8 Å². The molecule has 1 atom stereocenters. The smallest absolute Gasteiger partial charge is 0.550 e. The van der Waals surface area contributed by atoms with Gasteiger partial charge in [-0.2, -0.15) is 0 Å². The number of rotatable bonds is 15. The van der Waals surface area contributed by atoms with E-state index in [9.17, 15) is 14.7 Å². The number of aryl methyl sites for hydroxylation is 1. The van der Waals surface area contributed by atoms with Crippen LogP contribution in [0.25, 0.3) is 0 Å². The van der Waals surface area contributed by atoms with Crippen LogP contribution in [0.5, 0.6) is 0 Å². The van der Waals surface area contributed by atoms with Gasteiger partial charge in [-0.15, -0.1) is 0 Å². The Labute approximate surface area is 228 Å². The Kier molecular flexibility index (Phi) is 13.8. The van der Waals surface area contributed by atoms with Crippen molar-refractivity contribution in [2.24, 2.45) is 18.9 Å². The Bertz CT molecular complexity index is 903. The number of anilines is 1. The first-order valence-corrected chi connectivity index (χ1v) is 12.5. The Morgan fingerprint density at radius 2 is 1.71 bits per heavy atom. The Morgan fingerprint density at radius 1 is 1.03 bits per heavy atom. The number of carboxylic acids is 1. The molecule has 1 unspecified atom stereocenters. The van der Waals surface area contributed by atoms with Gasteiger partial charge >= 0.3 is 29.6 Å². The minimum absolute atomic E-state index is 0. The van der Waals surface area contributed by atoms with Crippen LogP contribution in [0.4, 0.5) is 5.69 Å². The van der Waals surface area contributed by atoms with Crippen LogP contribution < -0.4 is 40.0 Å². The number of carboxylic acid groups (broad SMARTS) is 1. The van der Waals surface area contributed by atoms with Crippen molar-refractivity contribution in [3.8, 4) is 0 Å². The zero-order chi connectivity index (χ0) is 24.4. The van der Waals surface area contributed by atoms with Crippen LogP contribution in [0, 0.1) is 11.8 Å². The van der Waals surface area contributed by atoms with Crippen LogP contribution in [0.2, 0.25) is 0 Å². The molecular formula is C28H41N2NaO3. The van der Waals surface area contributed by atoms with Crippen molar-refractivity contribution in [1.82, 2.24) is 4.57 Å². The first kappa shape index (κ1) is 30.5. The molecule has 5 nitrogen and oxygen atoms in total. The topological polar surface area (TPSA) is 74.2 Å². The molecule has 0 aliphatic heterocycles. The second-order valence-corrected chi connectivity index (χ2v) is 9.69. The van der Waals surface area contributed by atoms with Gasteiger partial charge < -0.3 is 19.8 Å². The van der Waals surface area contributed by atoms with Gasteiger partial charge in [0.25, 0.3) is 0 Å². The average molecular weight is 477 g/mol. The van der Waals surface area contributed by atoms with Gasteiger partial charge in [-0.1, -0.05) is 47.0 Å². The quantitative estimate of drug-likeness (QED) is 0.316. The summed E-state index contributed by atoms with van der Waals surface area (Å²) in [4.78, 5) is 23.9. The normalized spacial score (nSPS) is 11.8. The fourth-order valence-electron chi connectivity index (χ4n) is 4.36. The summed E-state index contributed by atoms with van der Waals surface area (Å²) in [6, 6.07) is 9.65. The first-order valence-electron chi connectivity index (χ1n) is 12.5. The average Bonchev–Trinajstić information content (AvgIpc) is 3.08. The molecule has 0 saturated carbocycles. The third-order valence-corrected chi connectivity index (χ3v) is 6.44. The molecule has 0 fully saturated rings. The van der Waals surface area contributed by atoms with Crippen molar-refractivity contribution in [2.45, 2.75) is 79.1 Å². The summed E-state index contributed by atoms with van der Waals surface area (Å²) >= 11 is 0. The molecule has 0 radical (unpaired) electrons. The van der Waals surface area contributed by atoms with E-state index < -0.39 is 5.97 Å². The predicted octanol–water partition coefficient (Wildman–Crippen LogP) is 2.16. The van der Waals surface area contributed by atoms with Crippen LogP contribution in [-0.2, 0) is 24.7 Å². The molecule has 1 heterocycles. The van der Waals surface area contributed by atoms with E-state index in [1.54, 1.807) is 0 Å². The Morgan fingerprint density at radius 3 is 2.29 bits per heavy atom. The number of ketones is 1. The molecule has 1 N–H and O–H groups in total. The summed E-state index contributed by atoms with van der Waals surface area (Å²) < 4.78 is 2.03. The standard InChI is InChI=1S/C28H42N2O3.Na/c1-6-26-25(19-24(30(26)5)11-8-12-27(31)32)28(33)22-13-15-23(16-14-22)29-18-17-21(4)10-7-9-20(2)3;/h13-16,19-21,29H,6-12,17-18H2,1-5H3,(H,31,32);/q;+1/p-1. The second kappa shape index (κ2) is 15.4. The summed E-state index contributed by atoms with van der Waals surface area (Å²) in [5.41, 5.74) is 4.38. The number of carbonyl (C=O) groups excluding carboxylic acids is 2. The van der Waals surface area contributed by atoms with Crippen molar-refractivity contribution in [1.29, 1.82) is 0 Å². The predicted molar refractivity (Wildman–Crippen MR) is 134 cm³/mol. The van der Waals surface area contributed by atoms with E-state index in [0.717, 1.165) is 42.4 Å². The number of benzene rings is 1. The zero-order valence-electron chi connectivity index (χ0n) is 22.1.